The number of nitrogens with zero attached hydrogens (tertiary/aromatic N) is 2. The van der Waals surface area contributed by atoms with Gasteiger partial charge in [-0.1, -0.05) is 52.3 Å². The number of amides is 3. The maximum atomic E-state index is 13.8. The fraction of sp³-hybridized carbons (Fsp3) is 0.567. The van der Waals surface area contributed by atoms with Gasteiger partial charge in [-0.05, 0) is 70.6 Å². The highest BCUT2D eigenvalue weighted by molar-refractivity contribution is 9.10. The van der Waals surface area contributed by atoms with Crippen LogP contribution in [0.25, 0.3) is 10.2 Å². The van der Waals surface area contributed by atoms with Crippen molar-refractivity contribution in [2.24, 2.45) is 17.6 Å². The number of benzene rings is 1. The Bertz CT molecular complexity index is 1370. The van der Waals surface area contributed by atoms with Crippen molar-refractivity contribution in [1.82, 2.24) is 15.2 Å². The predicted molar refractivity (Wildman–Crippen MR) is 166 cm³/mol. The molecule has 2 heterocycles. The number of alkyl carbamates (subject to hydrolysis) is 1. The Morgan fingerprint density at radius 3 is 2.67 bits per heavy atom. The second-order valence-corrected chi connectivity index (χ2v) is 14.0. The zero-order chi connectivity index (χ0) is 31.3. The van der Waals surface area contributed by atoms with Gasteiger partial charge in [-0.3, -0.25) is 14.4 Å². The number of rotatable bonds is 13. The fourth-order valence-electron chi connectivity index (χ4n) is 5.14. The van der Waals surface area contributed by atoms with E-state index < -0.39 is 47.7 Å². The summed E-state index contributed by atoms with van der Waals surface area (Å²) < 4.78 is 13.4. The van der Waals surface area contributed by atoms with Crippen LogP contribution in [0.3, 0.4) is 0 Å². The van der Waals surface area contributed by atoms with Crippen LogP contribution < -0.4 is 15.8 Å². The number of hydrogen-bond acceptors (Lipinski definition) is 8. The van der Waals surface area contributed by atoms with Gasteiger partial charge in [-0.2, -0.15) is 0 Å². The maximum Gasteiger partial charge on any atom is 0.408 e. The summed E-state index contributed by atoms with van der Waals surface area (Å²) in [5.74, 6) is -1.94. The number of carbonyl (C=O) groups excluding carboxylic acids is 3. The van der Waals surface area contributed by atoms with Crippen LogP contribution in [0.2, 0.25) is 0 Å². The molecular weight excluding hydrogens is 640 g/mol. The first kappa shape index (κ1) is 32.7. The Kier molecular flexibility index (Phi) is 10.7. The van der Waals surface area contributed by atoms with E-state index in [1.54, 1.807) is 20.8 Å². The molecule has 4 N–H and O–H groups in total. The quantitative estimate of drug-likeness (QED) is 0.197. The maximum absolute atomic E-state index is 13.8. The van der Waals surface area contributed by atoms with E-state index >= 15 is 0 Å². The van der Waals surface area contributed by atoms with Crippen LogP contribution in [0, 0.1) is 11.8 Å². The van der Waals surface area contributed by atoms with Gasteiger partial charge in [0.25, 0.3) is 5.19 Å². The van der Waals surface area contributed by atoms with E-state index in [0.29, 0.717) is 24.5 Å². The summed E-state index contributed by atoms with van der Waals surface area (Å²) in [5, 5.41) is 12.2. The fourth-order valence-corrected chi connectivity index (χ4v) is 6.58. The lowest BCUT2D eigenvalue weighted by Gasteiger charge is -2.28. The molecular formula is C30H39BrN4O7S. The number of ether oxygens (including phenoxy) is 2. The monoisotopic (exact) mass is 678 g/mol. The van der Waals surface area contributed by atoms with E-state index in [9.17, 15) is 19.2 Å². The Hall–Kier alpha value is -3.19. The number of primary amides is 1. The molecule has 1 aromatic heterocycles. The van der Waals surface area contributed by atoms with Gasteiger partial charge in [0.2, 0.25) is 11.8 Å². The highest BCUT2D eigenvalue weighted by atomic mass is 79.9. The number of fused-ring (bicyclic) bond motifs is 1. The molecule has 1 saturated heterocycles. The van der Waals surface area contributed by atoms with E-state index in [1.807, 2.05) is 30.4 Å². The summed E-state index contributed by atoms with van der Waals surface area (Å²) in [6.07, 6.45) is 7.16. The first-order chi connectivity index (χ1) is 20.3. The van der Waals surface area contributed by atoms with Crippen LogP contribution >= 0.6 is 27.3 Å². The van der Waals surface area contributed by atoms with Gasteiger partial charge in [-0.25, -0.2) is 9.78 Å². The highest BCUT2D eigenvalue weighted by Gasteiger charge is 2.43. The second kappa shape index (κ2) is 14.1. The molecule has 43 heavy (non-hydrogen) atoms. The molecule has 3 amide bonds. The van der Waals surface area contributed by atoms with Crippen molar-refractivity contribution in [2.75, 3.05) is 6.54 Å². The summed E-state index contributed by atoms with van der Waals surface area (Å²) >= 11 is 4.83. The smallest absolute Gasteiger partial charge is 0.408 e. The average Bonchev–Trinajstić information content (AvgIpc) is 3.39. The number of hydrogen-bond donors (Lipinski definition) is 3. The topological polar surface area (TPSA) is 161 Å². The number of halogens is 1. The van der Waals surface area contributed by atoms with Crippen molar-refractivity contribution in [2.45, 2.75) is 89.5 Å². The first-order valence-corrected chi connectivity index (χ1v) is 16.1. The van der Waals surface area contributed by atoms with Gasteiger partial charge in [-0.15, -0.1) is 0 Å². The number of carboxylic acid groups (broad SMARTS) is 1. The zero-order valence-corrected chi connectivity index (χ0v) is 27.0. The third kappa shape index (κ3) is 9.40. The summed E-state index contributed by atoms with van der Waals surface area (Å²) in [5.41, 5.74) is 5.74. The third-order valence-corrected chi connectivity index (χ3v) is 8.77. The van der Waals surface area contributed by atoms with Gasteiger partial charge >= 0.3 is 12.1 Å². The van der Waals surface area contributed by atoms with Crippen molar-refractivity contribution in [1.29, 1.82) is 0 Å². The molecule has 1 saturated carbocycles. The SMILES string of the molecule is CC(C)(C)OC(=O)N[C@@H](CCCCC/C=C\[C@@H]1C[C@@H]1C(=O)O)C(=O)N1C[C@H](Oc2nc3ccc(Br)cc3s2)C[C@H]1C(N)=O. The number of carbonyl (C=O) groups is 4. The molecule has 0 spiro atoms. The van der Waals surface area contributed by atoms with Crippen molar-refractivity contribution in [3.63, 3.8) is 0 Å². The van der Waals surface area contributed by atoms with E-state index in [4.69, 9.17) is 20.3 Å². The lowest BCUT2D eigenvalue weighted by atomic mass is 10.0. The zero-order valence-electron chi connectivity index (χ0n) is 24.6. The van der Waals surface area contributed by atoms with Crippen LogP contribution in [0.4, 0.5) is 4.79 Å². The Morgan fingerprint density at radius 1 is 1.23 bits per heavy atom. The minimum Gasteiger partial charge on any atom is -0.481 e. The number of thiazole rings is 1. The molecule has 5 atom stereocenters. The van der Waals surface area contributed by atoms with Gasteiger partial charge < -0.3 is 30.5 Å². The molecule has 1 aliphatic heterocycles. The molecule has 13 heteroatoms. The molecule has 1 aromatic carbocycles. The molecule has 2 aliphatic rings. The van der Waals surface area contributed by atoms with Crippen LogP contribution in [0.1, 0.15) is 65.7 Å². The molecule has 2 fully saturated rings. The summed E-state index contributed by atoms with van der Waals surface area (Å²) in [6.45, 7) is 5.35. The standard InChI is InChI=1S/C30H39BrN4O7S/c1-30(2,3)42-28(40)33-22(10-8-6-4-5-7-9-17-13-20(17)27(38)39)26(37)35-16-19(15-23(35)25(32)36)41-29-34-21-12-11-18(31)14-24(21)43-29/h7,9,11-12,14,17,19-20,22-23H,4-6,8,10,13,15-16H2,1-3H3,(H2,32,36)(H,33,40)(H,38,39)/b9-7-/t17-,19-,20+,22+,23+/m1/s1. The van der Waals surface area contributed by atoms with E-state index in [0.717, 1.165) is 34.0 Å². The first-order valence-electron chi connectivity index (χ1n) is 14.5. The molecule has 4 rings (SSSR count). The minimum absolute atomic E-state index is 0.126. The molecule has 11 nitrogen and oxygen atoms in total. The molecule has 0 unspecified atom stereocenters. The average molecular weight is 680 g/mol. The summed E-state index contributed by atoms with van der Waals surface area (Å²) in [6, 6.07) is 3.93. The Labute approximate surface area is 263 Å². The van der Waals surface area contributed by atoms with Gasteiger partial charge in [0.05, 0.1) is 22.7 Å². The van der Waals surface area contributed by atoms with Crippen molar-refractivity contribution in [3.8, 4) is 5.19 Å². The number of allylic oxidation sites excluding steroid dienone is 2. The Balaban J connectivity index is 1.36. The number of unbranched alkanes of at least 4 members (excludes halogenated alkanes) is 3. The lowest BCUT2D eigenvalue weighted by Crippen LogP contribution is -2.53. The number of aliphatic carboxylic acids is 1. The number of likely N-dealkylation sites (tertiary alicyclic amines) is 1. The van der Waals surface area contributed by atoms with Gasteiger partial charge in [0, 0.05) is 10.9 Å². The molecule has 0 bridgehead atoms. The van der Waals surface area contributed by atoms with Gasteiger partial charge in [0.1, 0.15) is 23.8 Å². The van der Waals surface area contributed by atoms with Crippen LogP contribution in [-0.2, 0) is 19.1 Å². The van der Waals surface area contributed by atoms with Crippen LogP contribution in [-0.4, -0.2) is 69.2 Å². The predicted octanol–water partition coefficient (Wildman–Crippen LogP) is 5.01. The van der Waals surface area contributed by atoms with Gasteiger partial charge in [0.15, 0.2) is 0 Å². The van der Waals surface area contributed by atoms with Crippen molar-refractivity contribution >= 4 is 61.4 Å². The summed E-state index contributed by atoms with van der Waals surface area (Å²) in [4.78, 5) is 55.7. The largest absolute Gasteiger partial charge is 0.481 e. The van der Waals surface area contributed by atoms with Crippen molar-refractivity contribution < 1.29 is 33.8 Å². The van der Waals surface area contributed by atoms with Crippen LogP contribution in [0.5, 0.6) is 5.19 Å². The van der Waals surface area contributed by atoms with E-state index in [2.05, 4.69) is 26.2 Å². The number of nitrogens with one attached hydrogen (secondary N) is 1. The van der Waals surface area contributed by atoms with Crippen LogP contribution in [0.15, 0.2) is 34.8 Å². The lowest BCUT2D eigenvalue weighted by molar-refractivity contribution is -0.139. The normalized spacial score (nSPS) is 22.5. The Morgan fingerprint density at radius 2 is 2.00 bits per heavy atom. The molecule has 1 aliphatic carbocycles. The number of nitrogens with two attached hydrogens (primary N) is 1. The molecule has 0 radical (unpaired) electrons. The van der Waals surface area contributed by atoms with E-state index in [-0.39, 0.29) is 24.8 Å². The van der Waals surface area contributed by atoms with E-state index in [1.165, 1.54) is 16.2 Å². The number of carboxylic acids is 1. The second-order valence-electron chi connectivity index (χ2n) is 12.1. The highest BCUT2D eigenvalue weighted by Crippen LogP contribution is 2.39. The minimum atomic E-state index is -0.909. The van der Waals surface area contributed by atoms with Crippen molar-refractivity contribution in [3.05, 3.63) is 34.8 Å². The summed E-state index contributed by atoms with van der Waals surface area (Å²) in [7, 11) is 0. The molecule has 234 valence electrons. The molecule has 2 aromatic rings. The third-order valence-electron chi connectivity index (χ3n) is 7.37. The number of aromatic nitrogens is 1.